The predicted octanol–water partition coefficient (Wildman–Crippen LogP) is 2.41. The molecule has 0 atom stereocenters. The minimum Gasteiger partial charge on any atom is -0.497 e. The van der Waals surface area contributed by atoms with Gasteiger partial charge < -0.3 is 4.74 Å². The summed E-state index contributed by atoms with van der Waals surface area (Å²) in [7, 11) is 1.64. The highest BCUT2D eigenvalue weighted by molar-refractivity contribution is 5.40. The fraction of sp³-hybridized carbons (Fsp3) is 0.417. The lowest BCUT2D eigenvalue weighted by atomic mass is 9.72. The van der Waals surface area contributed by atoms with Gasteiger partial charge in [-0.25, -0.2) is 4.79 Å². The van der Waals surface area contributed by atoms with Crippen LogP contribution in [0.15, 0.2) is 29.3 Å². The van der Waals surface area contributed by atoms with Crippen molar-refractivity contribution in [3.63, 3.8) is 0 Å². The second-order valence-electron chi connectivity index (χ2n) is 3.82. The van der Waals surface area contributed by atoms with Crippen molar-refractivity contribution < 1.29 is 9.53 Å². The predicted molar refractivity (Wildman–Crippen MR) is 56.6 cm³/mol. The van der Waals surface area contributed by atoms with E-state index >= 15 is 0 Å². The van der Waals surface area contributed by atoms with Crippen molar-refractivity contribution in [1.82, 2.24) is 0 Å². The molecule has 1 aromatic rings. The van der Waals surface area contributed by atoms with E-state index < -0.39 is 0 Å². The maximum Gasteiger partial charge on any atom is 0.235 e. The van der Waals surface area contributed by atoms with E-state index in [1.54, 1.807) is 13.2 Å². The van der Waals surface area contributed by atoms with Gasteiger partial charge in [-0.1, -0.05) is 12.1 Å². The number of carbonyl (C=O) groups excluding carboxylic acids is 1. The molecule has 0 amide bonds. The summed E-state index contributed by atoms with van der Waals surface area (Å²) in [5, 5.41) is 0. The summed E-state index contributed by atoms with van der Waals surface area (Å²) in [6, 6.07) is 7.74. The van der Waals surface area contributed by atoms with Crippen LogP contribution in [0.25, 0.3) is 0 Å². The average Bonchev–Trinajstić information content (AvgIpc) is 2.24. The molecule has 3 nitrogen and oxygen atoms in total. The highest BCUT2D eigenvalue weighted by atomic mass is 16.5. The molecule has 0 N–H and O–H groups in total. The van der Waals surface area contributed by atoms with E-state index in [1.807, 2.05) is 24.3 Å². The number of methoxy groups -OCH3 is 1. The van der Waals surface area contributed by atoms with Gasteiger partial charge in [-0.2, -0.15) is 4.99 Å². The first-order chi connectivity index (χ1) is 7.30. The molecule has 0 saturated heterocycles. The first kappa shape index (κ1) is 9.94. The largest absolute Gasteiger partial charge is 0.497 e. The monoisotopic (exact) mass is 203 g/mol. The summed E-state index contributed by atoms with van der Waals surface area (Å²) in [6.45, 7) is 0. The molecule has 0 bridgehead atoms. The van der Waals surface area contributed by atoms with Gasteiger partial charge >= 0.3 is 0 Å². The Morgan fingerprint density at radius 2 is 2.00 bits per heavy atom. The van der Waals surface area contributed by atoms with Gasteiger partial charge in [-0.05, 0) is 37.0 Å². The lowest BCUT2D eigenvalue weighted by Gasteiger charge is -2.37. The van der Waals surface area contributed by atoms with E-state index in [0.717, 1.165) is 30.6 Å². The van der Waals surface area contributed by atoms with Crippen LogP contribution in [0.3, 0.4) is 0 Å². The highest BCUT2D eigenvalue weighted by Crippen LogP contribution is 2.44. The standard InChI is InChI=1S/C12H13NO2/c1-15-11-5-3-10(4-6-11)12(13-9-14)7-2-8-12/h3-6H,2,7-8H2,1H3. The van der Waals surface area contributed by atoms with Crippen molar-refractivity contribution in [2.24, 2.45) is 4.99 Å². The molecule has 1 aliphatic rings. The molecule has 0 aliphatic heterocycles. The molecule has 1 aliphatic carbocycles. The average molecular weight is 203 g/mol. The van der Waals surface area contributed by atoms with Gasteiger partial charge in [0.25, 0.3) is 0 Å². The second-order valence-corrected chi connectivity index (χ2v) is 3.82. The van der Waals surface area contributed by atoms with E-state index in [2.05, 4.69) is 4.99 Å². The minimum atomic E-state index is -0.298. The zero-order valence-corrected chi connectivity index (χ0v) is 8.69. The molecule has 0 radical (unpaired) electrons. The van der Waals surface area contributed by atoms with Crippen molar-refractivity contribution in [3.8, 4) is 5.75 Å². The molecule has 3 heteroatoms. The molecule has 0 unspecified atom stereocenters. The summed E-state index contributed by atoms with van der Waals surface area (Å²) in [6.07, 6.45) is 4.68. The van der Waals surface area contributed by atoms with Crippen molar-refractivity contribution >= 4 is 6.08 Å². The first-order valence-electron chi connectivity index (χ1n) is 5.04. The highest BCUT2D eigenvalue weighted by Gasteiger charge is 2.38. The SMILES string of the molecule is COc1ccc(C2(N=C=O)CCC2)cc1. The van der Waals surface area contributed by atoms with Crippen molar-refractivity contribution in [1.29, 1.82) is 0 Å². The summed E-state index contributed by atoms with van der Waals surface area (Å²) < 4.78 is 5.09. The maximum absolute atomic E-state index is 10.4. The van der Waals surface area contributed by atoms with Crippen molar-refractivity contribution in [2.45, 2.75) is 24.8 Å². The molecule has 78 valence electrons. The van der Waals surface area contributed by atoms with E-state index in [-0.39, 0.29) is 5.54 Å². The topological polar surface area (TPSA) is 38.7 Å². The van der Waals surface area contributed by atoms with Crippen LogP contribution in [0.4, 0.5) is 0 Å². The zero-order valence-electron chi connectivity index (χ0n) is 8.69. The van der Waals surface area contributed by atoms with Crippen LogP contribution in [0.1, 0.15) is 24.8 Å². The molecule has 2 rings (SSSR count). The maximum atomic E-state index is 10.4. The van der Waals surface area contributed by atoms with Crippen LogP contribution in [0.5, 0.6) is 5.75 Å². The second kappa shape index (κ2) is 3.87. The van der Waals surface area contributed by atoms with E-state index in [9.17, 15) is 4.79 Å². The third-order valence-corrected chi connectivity index (χ3v) is 3.07. The van der Waals surface area contributed by atoms with Gasteiger partial charge in [0, 0.05) is 0 Å². The molecule has 0 aromatic heterocycles. The van der Waals surface area contributed by atoms with Crippen LogP contribution in [0, 0.1) is 0 Å². The lowest BCUT2D eigenvalue weighted by Crippen LogP contribution is -2.31. The molecule has 0 spiro atoms. The Hall–Kier alpha value is -1.60. The summed E-state index contributed by atoms with van der Waals surface area (Å²) in [5.74, 6) is 0.823. The normalized spacial score (nSPS) is 17.4. The number of benzene rings is 1. The number of ether oxygens (including phenoxy) is 1. The molecule has 1 saturated carbocycles. The van der Waals surface area contributed by atoms with Crippen LogP contribution in [-0.4, -0.2) is 13.2 Å². The fourth-order valence-corrected chi connectivity index (χ4v) is 1.97. The van der Waals surface area contributed by atoms with Crippen molar-refractivity contribution in [2.75, 3.05) is 7.11 Å². The number of isocyanates is 1. The Kier molecular flexibility index (Phi) is 2.57. The van der Waals surface area contributed by atoms with Gasteiger partial charge in [0.2, 0.25) is 6.08 Å². The van der Waals surface area contributed by atoms with Crippen LogP contribution >= 0.6 is 0 Å². The third kappa shape index (κ3) is 1.66. The molecule has 0 heterocycles. The minimum absolute atomic E-state index is 0.298. The Morgan fingerprint density at radius 3 is 2.40 bits per heavy atom. The number of nitrogens with zero attached hydrogens (tertiary/aromatic N) is 1. The smallest absolute Gasteiger partial charge is 0.235 e. The van der Waals surface area contributed by atoms with Crippen molar-refractivity contribution in [3.05, 3.63) is 29.8 Å². The molecule has 15 heavy (non-hydrogen) atoms. The lowest BCUT2D eigenvalue weighted by molar-refractivity contribution is 0.255. The molecule has 1 aromatic carbocycles. The number of hydrogen-bond donors (Lipinski definition) is 0. The van der Waals surface area contributed by atoms with Gasteiger partial charge in [0.05, 0.1) is 12.6 Å². The fourth-order valence-electron chi connectivity index (χ4n) is 1.97. The number of hydrogen-bond acceptors (Lipinski definition) is 3. The molecule has 1 fully saturated rings. The van der Waals surface area contributed by atoms with Gasteiger partial charge in [0.1, 0.15) is 5.75 Å². The van der Waals surface area contributed by atoms with E-state index in [1.165, 1.54) is 0 Å². The van der Waals surface area contributed by atoms with Gasteiger partial charge in [-0.3, -0.25) is 0 Å². The third-order valence-electron chi connectivity index (χ3n) is 3.07. The van der Waals surface area contributed by atoms with Crippen LogP contribution < -0.4 is 4.74 Å². The molecular weight excluding hydrogens is 190 g/mol. The first-order valence-corrected chi connectivity index (χ1v) is 5.04. The Labute approximate surface area is 88.8 Å². The number of aliphatic imine (C=N–C) groups is 1. The Balaban J connectivity index is 2.31. The number of rotatable bonds is 3. The molecular formula is C12H13NO2. The van der Waals surface area contributed by atoms with Crippen LogP contribution in [-0.2, 0) is 10.3 Å². The van der Waals surface area contributed by atoms with Gasteiger partial charge in [0.15, 0.2) is 0 Å². The van der Waals surface area contributed by atoms with E-state index in [4.69, 9.17) is 4.74 Å². The quantitative estimate of drug-likeness (QED) is 0.559. The summed E-state index contributed by atoms with van der Waals surface area (Å²) in [5.41, 5.74) is 0.784. The Bertz CT molecular complexity index is 387. The Morgan fingerprint density at radius 1 is 1.33 bits per heavy atom. The van der Waals surface area contributed by atoms with E-state index in [0.29, 0.717) is 0 Å². The van der Waals surface area contributed by atoms with Gasteiger partial charge in [-0.15, -0.1) is 0 Å². The zero-order chi connectivity index (χ0) is 10.7. The summed E-state index contributed by atoms with van der Waals surface area (Å²) >= 11 is 0. The van der Waals surface area contributed by atoms with Crippen LogP contribution in [0.2, 0.25) is 0 Å². The summed E-state index contributed by atoms with van der Waals surface area (Å²) in [4.78, 5) is 14.3.